The largest absolute Gasteiger partial charge is 0.506 e. The number of phenolic OH excluding ortho intramolecular Hbond substituents is 1. The van der Waals surface area contributed by atoms with Crippen molar-refractivity contribution in [1.29, 1.82) is 0 Å². The quantitative estimate of drug-likeness (QED) is 0.652. The van der Waals surface area contributed by atoms with E-state index in [1.54, 1.807) is 19.1 Å². The fraction of sp³-hybridized carbons (Fsp3) is 0.143. The van der Waals surface area contributed by atoms with E-state index in [1.165, 1.54) is 19.2 Å². The van der Waals surface area contributed by atoms with Crippen molar-refractivity contribution >= 4 is 21.4 Å². The zero-order valence-corrected chi connectivity index (χ0v) is 16.5. The smallest absolute Gasteiger partial charge is 0.186 e. The second-order valence-electron chi connectivity index (χ2n) is 6.22. The number of aryl methyl sites for hydroxylation is 1. The van der Waals surface area contributed by atoms with Crippen LogP contribution in [0.3, 0.4) is 0 Å². The van der Waals surface area contributed by atoms with Gasteiger partial charge in [-0.2, -0.15) is 0 Å². The summed E-state index contributed by atoms with van der Waals surface area (Å²) < 4.78 is 31.3. The standard InChI is InChI=1S/C21H19ClO4S/c1-14-10-18(22)12-20(21(14)23)27(24,25)13-17-11-16(8-9-19(17)26-2)15-6-4-3-5-7-15/h3-12,23H,13H2,1-2H3. The average Bonchev–Trinajstić information content (AvgIpc) is 2.65. The molecule has 3 rings (SSSR count). The number of halogens is 1. The highest BCUT2D eigenvalue weighted by Gasteiger charge is 2.23. The van der Waals surface area contributed by atoms with E-state index in [-0.39, 0.29) is 21.4 Å². The fourth-order valence-corrected chi connectivity index (χ4v) is 4.82. The zero-order valence-electron chi connectivity index (χ0n) is 14.9. The van der Waals surface area contributed by atoms with Crippen LogP contribution in [0.5, 0.6) is 11.5 Å². The van der Waals surface area contributed by atoms with Crippen molar-refractivity contribution in [2.45, 2.75) is 17.6 Å². The third kappa shape index (κ3) is 4.10. The average molecular weight is 403 g/mol. The summed E-state index contributed by atoms with van der Waals surface area (Å²) >= 11 is 5.99. The number of benzene rings is 3. The number of hydrogen-bond donors (Lipinski definition) is 1. The Bertz CT molecular complexity index is 1080. The first-order valence-electron chi connectivity index (χ1n) is 8.26. The van der Waals surface area contributed by atoms with Gasteiger partial charge in [0.15, 0.2) is 9.84 Å². The summed E-state index contributed by atoms with van der Waals surface area (Å²) in [7, 11) is -2.34. The van der Waals surface area contributed by atoms with Crippen molar-refractivity contribution in [1.82, 2.24) is 0 Å². The summed E-state index contributed by atoms with van der Waals surface area (Å²) in [6, 6.07) is 17.9. The second kappa shape index (κ2) is 7.62. The summed E-state index contributed by atoms with van der Waals surface area (Å²) in [6.45, 7) is 1.61. The molecule has 0 fully saturated rings. The van der Waals surface area contributed by atoms with Gasteiger partial charge >= 0.3 is 0 Å². The van der Waals surface area contributed by atoms with E-state index < -0.39 is 9.84 Å². The van der Waals surface area contributed by atoms with E-state index in [0.29, 0.717) is 16.9 Å². The lowest BCUT2D eigenvalue weighted by Gasteiger charge is -2.13. The molecule has 0 radical (unpaired) electrons. The molecular formula is C21H19ClO4S. The maximum Gasteiger partial charge on any atom is 0.186 e. The van der Waals surface area contributed by atoms with Gasteiger partial charge in [-0.1, -0.05) is 48.0 Å². The van der Waals surface area contributed by atoms with Crippen molar-refractivity contribution in [3.8, 4) is 22.6 Å². The van der Waals surface area contributed by atoms with E-state index in [2.05, 4.69) is 0 Å². The first-order valence-corrected chi connectivity index (χ1v) is 10.3. The first kappa shape index (κ1) is 19.3. The maximum absolute atomic E-state index is 13.0. The Morgan fingerprint density at radius 2 is 1.70 bits per heavy atom. The third-order valence-electron chi connectivity index (χ3n) is 4.30. The molecule has 0 atom stereocenters. The molecule has 0 saturated carbocycles. The van der Waals surface area contributed by atoms with Gasteiger partial charge in [0, 0.05) is 10.6 Å². The van der Waals surface area contributed by atoms with Gasteiger partial charge in [-0.3, -0.25) is 0 Å². The van der Waals surface area contributed by atoms with E-state index in [9.17, 15) is 13.5 Å². The van der Waals surface area contributed by atoms with Crippen molar-refractivity contribution in [2.75, 3.05) is 7.11 Å². The first-order chi connectivity index (χ1) is 12.8. The summed E-state index contributed by atoms with van der Waals surface area (Å²) in [5.41, 5.74) is 2.77. The predicted molar refractivity (Wildman–Crippen MR) is 107 cm³/mol. The van der Waals surface area contributed by atoms with Crippen LogP contribution in [0.4, 0.5) is 0 Å². The van der Waals surface area contributed by atoms with Crippen LogP contribution in [0.15, 0.2) is 65.6 Å². The summed E-state index contributed by atoms with van der Waals surface area (Å²) in [4.78, 5) is -0.181. The van der Waals surface area contributed by atoms with Gasteiger partial charge in [0.2, 0.25) is 0 Å². The number of sulfone groups is 1. The molecule has 3 aromatic rings. The van der Waals surface area contributed by atoms with Gasteiger partial charge in [-0.15, -0.1) is 0 Å². The van der Waals surface area contributed by atoms with Crippen LogP contribution in [0.25, 0.3) is 11.1 Å². The molecule has 0 heterocycles. The minimum atomic E-state index is -3.83. The van der Waals surface area contributed by atoms with Crippen LogP contribution < -0.4 is 4.74 Å². The Morgan fingerprint density at radius 1 is 1.00 bits per heavy atom. The van der Waals surface area contributed by atoms with Crippen molar-refractivity contribution in [3.63, 3.8) is 0 Å². The van der Waals surface area contributed by atoms with E-state index in [1.807, 2.05) is 36.4 Å². The normalized spacial score (nSPS) is 11.4. The van der Waals surface area contributed by atoms with Crippen LogP contribution in [0.2, 0.25) is 5.02 Å². The third-order valence-corrected chi connectivity index (χ3v) is 6.19. The Labute approximate surface area is 163 Å². The van der Waals surface area contributed by atoms with Crippen LogP contribution in [-0.4, -0.2) is 20.6 Å². The van der Waals surface area contributed by atoms with Crippen LogP contribution in [0, 0.1) is 6.92 Å². The lowest BCUT2D eigenvalue weighted by molar-refractivity contribution is 0.411. The SMILES string of the molecule is COc1ccc(-c2ccccc2)cc1CS(=O)(=O)c1cc(Cl)cc(C)c1O. The fourth-order valence-electron chi connectivity index (χ4n) is 2.93. The number of rotatable bonds is 5. The molecule has 0 saturated heterocycles. The van der Waals surface area contributed by atoms with Crippen molar-refractivity contribution in [3.05, 3.63) is 76.8 Å². The highest BCUT2D eigenvalue weighted by atomic mass is 35.5. The van der Waals surface area contributed by atoms with Gasteiger partial charge in [0.1, 0.15) is 16.4 Å². The van der Waals surface area contributed by atoms with Gasteiger partial charge < -0.3 is 9.84 Å². The molecule has 6 heteroatoms. The minimum absolute atomic E-state index is 0.181. The lowest BCUT2D eigenvalue weighted by Crippen LogP contribution is -2.07. The number of methoxy groups -OCH3 is 1. The lowest BCUT2D eigenvalue weighted by atomic mass is 10.0. The highest BCUT2D eigenvalue weighted by molar-refractivity contribution is 7.90. The zero-order chi connectivity index (χ0) is 19.6. The molecule has 0 bridgehead atoms. The summed E-state index contributed by atoms with van der Waals surface area (Å²) in [5.74, 6) is -0.126. The molecule has 27 heavy (non-hydrogen) atoms. The molecule has 140 valence electrons. The Balaban J connectivity index is 2.06. The summed E-state index contributed by atoms with van der Waals surface area (Å²) in [6.07, 6.45) is 0. The van der Waals surface area contributed by atoms with Crippen LogP contribution in [-0.2, 0) is 15.6 Å². The van der Waals surface area contributed by atoms with E-state index in [0.717, 1.165) is 11.1 Å². The molecule has 4 nitrogen and oxygen atoms in total. The van der Waals surface area contributed by atoms with Crippen molar-refractivity contribution < 1.29 is 18.3 Å². The monoisotopic (exact) mass is 402 g/mol. The van der Waals surface area contributed by atoms with Gasteiger partial charge in [-0.05, 0) is 47.9 Å². The minimum Gasteiger partial charge on any atom is -0.506 e. The molecule has 0 aliphatic carbocycles. The highest BCUT2D eigenvalue weighted by Crippen LogP contribution is 2.34. The second-order valence-corrected chi connectivity index (χ2v) is 8.62. The number of ether oxygens (including phenoxy) is 1. The summed E-state index contributed by atoms with van der Waals surface area (Å²) in [5, 5.41) is 10.5. The number of phenols is 1. The van der Waals surface area contributed by atoms with Gasteiger partial charge in [0.05, 0.1) is 12.9 Å². The molecule has 3 aromatic carbocycles. The molecule has 0 aliphatic rings. The van der Waals surface area contributed by atoms with Gasteiger partial charge in [0.25, 0.3) is 0 Å². The van der Waals surface area contributed by atoms with Crippen LogP contribution in [0.1, 0.15) is 11.1 Å². The Morgan fingerprint density at radius 3 is 2.37 bits per heavy atom. The Kier molecular flexibility index (Phi) is 5.44. The number of aromatic hydroxyl groups is 1. The molecular weight excluding hydrogens is 384 g/mol. The molecule has 1 N–H and O–H groups in total. The molecule has 0 amide bonds. The molecule has 0 spiro atoms. The van der Waals surface area contributed by atoms with E-state index in [4.69, 9.17) is 16.3 Å². The predicted octanol–water partition coefficient (Wildman–Crippen LogP) is 5.00. The molecule has 0 aliphatic heterocycles. The molecule has 0 unspecified atom stereocenters. The Hall–Kier alpha value is -2.50. The topological polar surface area (TPSA) is 63.6 Å². The van der Waals surface area contributed by atoms with Crippen molar-refractivity contribution in [2.24, 2.45) is 0 Å². The molecule has 0 aromatic heterocycles. The van der Waals surface area contributed by atoms with Crippen LogP contribution >= 0.6 is 11.6 Å². The van der Waals surface area contributed by atoms with E-state index >= 15 is 0 Å². The van der Waals surface area contributed by atoms with Gasteiger partial charge in [-0.25, -0.2) is 8.42 Å². The number of hydrogen-bond acceptors (Lipinski definition) is 4. The maximum atomic E-state index is 13.0.